The predicted octanol–water partition coefficient (Wildman–Crippen LogP) is 3.97. The molecule has 6 nitrogen and oxygen atoms in total. The molecular weight excluding hydrogens is 374 g/mol. The number of thiocarbonyl (C=S) groups is 1. The molecule has 2 aromatic carbocycles. The van der Waals surface area contributed by atoms with Crippen LogP contribution in [0.1, 0.15) is 26.3 Å². The van der Waals surface area contributed by atoms with Crippen LogP contribution < -0.4 is 25.4 Å². The summed E-state index contributed by atoms with van der Waals surface area (Å²) in [6, 6.07) is 13.7. The van der Waals surface area contributed by atoms with Gasteiger partial charge in [-0.2, -0.15) is 0 Å². The van der Waals surface area contributed by atoms with E-state index < -0.39 is 0 Å². The zero-order chi connectivity index (χ0) is 20.4. The third kappa shape index (κ3) is 6.74. The highest BCUT2D eigenvalue weighted by molar-refractivity contribution is 7.80. The predicted molar refractivity (Wildman–Crippen MR) is 117 cm³/mol. The van der Waals surface area contributed by atoms with E-state index in [1.165, 1.54) is 12.5 Å². The third-order valence-electron chi connectivity index (χ3n) is 3.78. The molecule has 150 valence electrons. The average Bonchev–Trinajstić information content (AvgIpc) is 2.66. The van der Waals surface area contributed by atoms with Crippen molar-refractivity contribution in [2.75, 3.05) is 30.4 Å². The van der Waals surface area contributed by atoms with Crippen molar-refractivity contribution in [1.82, 2.24) is 5.32 Å². The minimum atomic E-state index is -0.179. The molecule has 0 unspecified atom stereocenters. The lowest BCUT2D eigenvalue weighted by Gasteiger charge is -2.18. The Morgan fingerprint density at radius 3 is 2.07 bits per heavy atom. The van der Waals surface area contributed by atoms with E-state index in [-0.39, 0.29) is 5.91 Å². The van der Waals surface area contributed by atoms with Crippen LogP contribution in [0, 0.1) is 0 Å². The Hall–Kier alpha value is -2.80. The second-order valence-electron chi connectivity index (χ2n) is 6.01. The maximum absolute atomic E-state index is 11.5. The van der Waals surface area contributed by atoms with Gasteiger partial charge in [-0.25, -0.2) is 0 Å². The molecule has 0 heterocycles. The Bertz CT molecular complexity index is 797. The molecule has 28 heavy (non-hydrogen) atoms. The molecule has 0 atom stereocenters. The molecule has 0 saturated heterocycles. The van der Waals surface area contributed by atoms with Gasteiger partial charge < -0.3 is 25.4 Å². The van der Waals surface area contributed by atoms with Crippen LogP contribution in [-0.2, 0) is 11.2 Å². The molecule has 0 saturated carbocycles. The summed E-state index contributed by atoms with van der Waals surface area (Å²) in [7, 11) is 0. The van der Waals surface area contributed by atoms with Crippen LogP contribution in [0.4, 0.5) is 11.4 Å². The number of nitrogens with one attached hydrogen (secondary N) is 3. The minimum absolute atomic E-state index is 0.179. The van der Waals surface area contributed by atoms with Crippen molar-refractivity contribution in [3.05, 3.63) is 48.0 Å². The van der Waals surface area contributed by atoms with Crippen LogP contribution in [0.5, 0.6) is 11.5 Å². The Balaban J connectivity index is 2.09. The van der Waals surface area contributed by atoms with Crippen molar-refractivity contribution in [2.24, 2.45) is 0 Å². The van der Waals surface area contributed by atoms with Crippen LogP contribution in [0.3, 0.4) is 0 Å². The van der Waals surface area contributed by atoms with Gasteiger partial charge in [0.05, 0.1) is 24.6 Å². The van der Waals surface area contributed by atoms with Gasteiger partial charge in [-0.3, -0.25) is 4.79 Å². The SMILES string of the molecule is CCOc1cc(NC(=S)NCCc2ccccc2)c(OCC)cc1NC(C)=O. The Morgan fingerprint density at radius 2 is 1.54 bits per heavy atom. The Labute approximate surface area is 171 Å². The smallest absolute Gasteiger partial charge is 0.221 e. The first-order valence-electron chi connectivity index (χ1n) is 9.33. The van der Waals surface area contributed by atoms with Crippen LogP contribution >= 0.6 is 12.2 Å². The van der Waals surface area contributed by atoms with Crippen molar-refractivity contribution < 1.29 is 14.3 Å². The first-order valence-corrected chi connectivity index (χ1v) is 9.74. The molecule has 3 N–H and O–H groups in total. The Kier molecular flexibility index (Phi) is 8.55. The van der Waals surface area contributed by atoms with E-state index in [0.29, 0.717) is 47.7 Å². The van der Waals surface area contributed by atoms with Gasteiger partial charge in [0.25, 0.3) is 0 Å². The van der Waals surface area contributed by atoms with Crippen molar-refractivity contribution in [3.8, 4) is 11.5 Å². The summed E-state index contributed by atoms with van der Waals surface area (Å²) in [5.41, 5.74) is 2.48. The Morgan fingerprint density at radius 1 is 0.964 bits per heavy atom. The van der Waals surface area contributed by atoms with E-state index >= 15 is 0 Å². The summed E-state index contributed by atoms with van der Waals surface area (Å²) in [6.07, 6.45) is 0.868. The highest BCUT2D eigenvalue weighted by atomic mass is 32.1. The maximum Gasteiger partial charge on any atom is 0.221 e. The zero-order valence-corrected chi connectivity index (χ0v) is 17.3. The number of ether oxygens (including phenoxy) is 2. The van der Waals surface area contributed by atoms with Gasteiger partial charge in [0, 0.05) is 25.6 Å². The number of hydrogen-bond donors (Lipinski definition) is 3. The lowest BCUT2D eigenvalue weighted by atomic mass is 10.1. The van der Waals surface area contributed by atoms with Crippen LogP contribution in [-0.4, -0.2) is 30.8 Å². The number of amides is 1. The molecule has 2 rings (SSSR count). The van der Waals surface area contributed by atoms with Gasteiger partial charge in [-0.05, 0) is 38.0 Å². The van der Waals surface area contributed by atoms with E-state index in [4.69, 9.17) is 21.7 Å². The quantitative estimate of drug-likeness (QED) is 0.552. The zero-order valence-electron chi connectivity index (χ0n) is 16.5. The fourth-order valence-electron chi connectivity index (χ4n) is 2.63. The van der Waals surface area contributed by atoms with E-state index in [2.05, 4.69) is 28.1 Å². The van der Waals surface area contributed by atoms with Crippen LogP contribution in [0.2, 0.25) is 0 Å². The number of anilines is 2. The van der Waals surface area contributed by atoms with Gasteiger partial charge in [-0.1, -0.05) is 30.3 Å². The molecule has 0 aliphatic heterocycles. The molecule has 1 amide bonds. The van der Waals surface area contributed by atoms with Gasteiger partial charge >= 0.3 is 0 Å². The first-order chi connectivity index (χ1) is 13.5. The number of benzene rings is 2. The summed E-state index contributed by atoms with van der Waals surface area (Å²) < 4.78 is 11.4. The number of rotatable bonds is 9. The van der Waals surface area contributed by atoms with E-state index in [1.54, 1.807) is 12.1 Å². The lowest BCUT2D eigenvalue weighted by Crippen LogP contribution is -2.30. The third-order valence-corrected chi connectivity index (χ3v) is 4.03. The minimum Gasteiger partial charge on any atom is -0.492 e. The monoisotopic (exact) mass is 401 g/mol. The van der Waals surface area contributed by atoms with Crippen molar-refractivity contribution in [1.29, 1.82) is 0 Å². The highest BCUT2D eigenvalue weighted by Gasteiger charge is 2.14. The second kappa shape index (κ2) is 11.1. The fraction of sp³-hybridized carbons (Fsp3) is 0.333. The van der Waals surface area contributed by atoms with Crippen LogP contribution in [0.25, 0.3) is 0 Å². The average molecular weight is 402 g/mol. The summed E-state index contributed by atoms with van der Waals surface area (Å²) in [5, 5.41) is 9.63. The van der Waals surface area contributed by atoms with Crippen LogP contribution in [0.15, 0.2) is 42.5 Å². The standard InChI is InChI=1S/C21H27N3O3S/c1-4-26-19-14-18(20(27-5-2)13-17(19)23-15(3)25)24-21(28)22-12-11-16-9-7-6-8-10-16/h6-10,13-14H,4-5,11-12H2,1-3H3,(H,23,25)(H2,22,24,28). The first kappa shape index (κ1) is 21.5. The normalized spacial score (nSPS) is 10.1. The molecular formula is C21H27N3O3S. The number of hydrogen-bond acceptors (Lipinski definition) is 4. The van der Waals surface area contributed by atoms with Gasteiger partial charge in [-0.15, -0.1) is 0 Å². The molecule has 0 spiro atoms. The largest absolute Gasteiger partial charge is 0.492 e. The van der Waals surface area contributed by atoms with Gasteiger partial charge in [0.15, 0.2) is 5.11 Å². The van der Waals surface area contributed by atoms with Crippen molar-refractivity contribution in [2.45, 2.75) is 27.2 Å². The van der Waals surface area contributed by atoms with Gasteiger partial charge in [0.2, 0.25) is 5.91 Å². The summed E-state index contributed by atoms with van der Waals surface area (Å²) in [4.78, 5) is 11.5. The van der Waals surface area contributed by atoms with Crippen molar-refractivity contribution in [3.63, 3.8) is 0 Å². The molecule has 0 aliphatic carbocycles. The molecule has 0 bridgehead atoms. The number of carbonyl (C=O) groups excluding carboxylic acids is 1. The molecule has 0 aliphatic rings. The molecule has 2 aromatic rings. The van der Waals surface area contributed by atoms with Crippen molar-refractivity contribution >= 4 is 34.6 Å². The topological polar surface area (TPSA) is 71.6 Å². The lowest BCUT2D eigenvalue weighted by molar-refractivity contribution is -0.114. The van der Waals surface area contributed by atoms with Gasteiger partial charge in [0.1, 0.15) is 11.5 Å². The van der Waals surface area contributed by atoms with E-state index in [0.717, 1.165) is 6.42 Å². The van der Waals surface area contributed by atoms with E-state index in [9.17, 15) is 4.79 Å². The molecule has 0 aromatic heterocycles. The maximum atomic E-state index is 11.5. The molecule has 0 fully saturated rings. The summed E-state index contributed by atoms with van der Waals surface area (Å²) >= 11 is 5.42. The second-order valence-corrected chi connectivity index (χ2v) is 6.42. The summed E-state index contributed by atoms with van der Waals surface area (Å²) in [6.45, 7) is 6.90. The highest BCUT2D eigenvalue weighted by Crippen LogP contribution is 2.37. The fourth-order valence-corrected chi connectivity index (χ4v) is 2.84. The number of carbonyl (C=O) groups is 1. The molecule has 0 radical (unpaired) electrons. The van der Waals surface area contributed by atoms with E-state index in [1.807, 2.05) is 32.0 Å². The summed E-state index contributed by atoms with van der Waals surface area (Å²) in [5.74, 6) is 0.958. The molecule has 7 heteroatoms.